The molecule has 0 bridgehead atoms. The number of hydrogen-bond acceptors (Lipinski definition) is 4. The normalized spacial score (nSPS) is 16.3. The maximum absolute atomic E-state index is 12.7. The summed E-state index contributed by atoms with van der Waals surface area (Å²) in [5, 5.41) is 1.87. The summed E-state index contributed by atoms with van der Waals surface area (Å²) >= 11 is 7.36. The number of hydrogen-bond donors (Lipinski definition) is 0. The summed E-state index contributed by atoms with van der Waals surface area (Å²) in [6.45, 7) is 3.91. The Morgan fingerprint density at radius 1 is 1.63 bits per heavy atom. The van der Waals surface area contributed by atoms with Crippen molar-refractivity contribution in [3.05, 3.63) is 29.4 Å². The van der Waals surface area contributed by atoms with E-state index in [9.17, 15) is 8.42 Å². The third kappa shape index (κ3) is 2.10. The van der Waals surface area contributed by atoms with Gasteiger partial charge >= 0.3 is 0 Å². The van der Waals surface area contributed by atoms with Crippen molar-refractivity contribution >= 4 is 37.9 Å². The lowest BCUT2D eigenvalue weighted by atomic mass is 10.6. The number of nitrogens with zero attached hydrogens (tertiary/aromatic N) is 3. The average molecular weight is 318 g/mol. The first-order valence-electron chi connectivity index (χ1n) is 5.79. The molecule has 0 aliphatic heterocycles. The maximum atomic E-state index is 12.7. The molecule has 0 spiro atoms. The molecule has 2 heterocycles. The molecule has 1 aliphatic rings. The lowest BCUT2D eigenvalue weighted by molar-refractivity contribution is 0.433. The molecule has 1 fully saturated rings. The summed E-state index contributed by atoms with van der Waals surface area (Å²) in [5.74, 6) is 0. The highest BCUT2D eigenvalue weighted by Gasteiger charge is 2.40. The van der Waals surface area contributed by atoms with Gasteiger partial charge in [0.2, 0.25) is 0 Å². The second-order valence-electron chi connectivity index (χ2n) is 4.36. The highest BCUT2D eigenvalue weighted by molar-refractivity contribution is 7.89. The van der Waals surface area contributed by atoms with Crippen LogP contribution in [0.5, 0.6) is 0 Å². The predicted octanol–water partition coefficient (Wildman–Crippen LogP) is 2.39. The molecule has 102 valence electrons. The molecule has 5 nitrogen and oxygen atoms in total. The molecular weight excluding hydrogens is 306 g/mol. The van der Waals surface area contributed by atoms with Gasteiger partial charge in [-0.05, 0) is 12.8 Å². The van der Waals surface area contributed by atoms with Crippen LogP contribution in [0.3, 0.4) is 0 Å². The molecule has 8 heteroatoms. The fourth-order valence-electron chi connectivity index (χ4n) is 2.01. The Labute approximate surface area is 120 Å². The van der Waals surface area contributed by atoms with Gasteiger partial charge in [0.1, 0.15) is 0 Å². The van der Waals surface area contributed by atoms with Crippen molar-refractivity contribution in [2.24, 2.45) is 0 Å². The van der Waals surface area contributed by atoms with E-state index in [1.54, 1.807) is 17.7 Å². The van der Waals surface area contributed by atoms with Crippen LogP contribution >= 0.6 is 22.9 Å². The van der Waals surface area contributed by atoms with Crippen LogP contribution < -0.4 is 0 Å². The summed E-state index contributed by atoms with van der Waals surface area (Å²) in [6.07, 6.45) is 5.03. The summed E-state index contributed by atoms with van der Waals surface area (Å²) in [4.78, 5) is 4.66. The smallest absolute Gasteiger partial charge is 0.262 e. The molecular formula is C11H12ClN3O2S2. The number of aromatic nitrogens is 2. The van der Waals surface area contributed by atoms with E-state index in [1.165, 1.54) is 20.0 Å². The Kier molecular flexibility index (Phi) is 3.17. The predicted molar refractivity (Wildman–Crippen MR) is 75.2 cm³/mol. The van der Waals surface area contributed by atoms with Gasteiger partial charge in [-0.15, -0.1) is 17.9 Å². The Balaban J connectivity index is 2.14. The van der Waals surface area contributed by atoms with Crippen LogP contribution in [0.1, 0.15) is 12.8 Å². The minimum atomic E-state index is -3.65. The van der Waals surface area contributed by atoms with Crippen LogP contribution in [-0.2, 0) is 10.0 Å². The molecule has 19 heavy (non-hydrogen) atoms. The van der Waals surface area contributed by atoms with Gasteiger partial charge < -0.3 is 0 Å². The topological polar surface area (TPSA) is 54.7 Å². The molecule has 1 saturated carbocycles. The third-order valence-electron chi connectivity index (χ3n) is 2.99. The van der Waals surface area contributed by atoms with Crippen molar-refractivity contribution in [3.8, 4) is 0 Å². The van der Waals surface area contributed by atoms with Crippen molar-refractivity contribution in [2.45, 2.75) is 23.9 Å². The average Bonchev–Trinajstić information content (AvgIpc) is 2.99. The molecule has 1 aliphatic carbocycles. The van der Waals surface area contributed by atoms with Gasteiger partial charge in [-0.25, -0.2) is 13.4 Å². The van der Waals surface area contributed by atoms with Crippen molar-refractivity contribution < 1.29 is 8.42 Å². The lowest BCUT2D eigenvalue weighted by Gasteiger charge is -2.19. The van der Waals surface area contributed by atoms with E-state index < -0.39 is 10.0 Å². The number of fused-ring (bicyclic) bond motifs is 1. The van der Waals surface area contributed by atoms with Gasteiger partial charge in [0, 0.05) is 24.2 Å². The Hall–Kier alpha value is -0.890. The number of sulfonamides is 1. The minimum Gasteiger partial charge on any atom is -0.279 e. The molecule has 0 atom stereocenters. The van der Waals surface area contributed by atoms with Crippen molar-refractivity contribution in [3.63, 3.8) is 0 Å². The molecule has 0 radical (unpaired) electrons. The van der Waals surface area contributed by atoms with Gasteiger partial charge in [-0.1, -0.05) is 17.7 Å². The molecule has 0 unspecified atom stereocenters. The fraction of sp³-hybridized carbons (Fsp3) is 0.364. The Morgan fingerprint density at radius 2 is 2.37 bits per heavy atom. The van der Waals surface area contributed by atoms with E-state index in [4.69, 9.17) is 11.6 Å². The van der Waals surface area contributed by atoms with Crippen LogP contribution in [0.25, 0.3) is 4.96 Å². The quantitative estimate of drug-likeness (QED) is 0.796. The third-order valence-corrected chi connectivity index (χ3v) is 6.07. The zero-order valence-electron chi connectivity index (χ0n) is 9.99. The first kappa shape index (κ1) is 13.1. The SMILES string of the molecule is C=CCN(C1CC1)S(=O)(=O)c1c(Cl)nc2sccn12. The second kappa shape index (κ2) is 4.59. The maximum Gasteiger partial charge on any atom is 0.262 e. The van der Waals surface area contributed by atoms with Crippen LogP contribution in [0.15, 0.2) is 29.3 Å². The first-order valence-corrected chi connectivity index (χ1v) is 8.49. The van der Waals surface area contributed by atoms with Crippen LogP contribution in [0.2, 0.25) is 5.15 Å². The molecule has 0 aromatic carbocycles. The van der Waals surface area contributed by atoms with E-state index in [0.29, 0.717) is 11.5 Å². The van der Waals surface area contributed by atoms with Crippen LogP contribution in [0.4, 0.5) is 0 Å². The van der Waals surface area contributed by atoms with Gasteiger partial charge in [0.05, 0.1) is 0 Å². The number of rotatable bonds is 5. The summed E-state index contributed by atoms with van der Waals surface area (Å²) in [5.41, 5.74) is 0. The number of imidazole rings is 1. The Morgan fingerprint density at radius 3 is 3.00 bits per heavy atom. The number of thiazole rings is 1. The number of halogens is 1. The molecule has 0 amide bonds. The Bertz CT molecular complexity index is 730. The van der Waals surface area contributed by atoms with Gasteiger partial charge in [-0.3, -0.25) is 4.40 Å². The van der Waals surface area contributed by atoms with Crippen molar-refractivity contribution in [1.82, 2.24) is 13.7 Å². The molecule has 0 saturated heterocycles. The molecule has 2 aromatic rings. The fourth-order valence-corrected chi connectivity index (χ4v) is 5.08. The highest BCUT2D eigenvalue weighted by Crippen LogP contribution is 2.35. The van der Waals surface area contributed by atoms with E-state index in [-0.39, 0.29) is 16.2 Å². The summed E-state index contributed by atoms with van der Waals surface area (Å²) in [6, 6.07) is 0.0586. The van der Waals surface area contributed by atoms with E-state index in [2.05, 4.69) is 11.6 Å². The van der Waals surface area contributed by atoms with Crippen LogP contribution in [-0.4, -0.2) is 34.7 Å². The zero-order valence-corrected chi connectivity index (χ0v) is 12.4. The summed E-state index contributed by atoms with van der Waals surface area (Å²) < 4.78 is 28.5. The van der Waals surface area contributed by atoms with E-state index in [0.717, 1.165) is 12.8 Å². The van der Waals surface area contributed by atoms with E-state index in [1.807, 2.05) is 0 Å². The zero-order chi connectivity index (χ0) is 13.6. The second-order valence-corrected chi connectivity index (χ2v) is 7.39. The minimum absolute atomic E-state index is 0.0292. The van der Waals surface area contributed by atoms with Crippen molar-refractivity contribution in [2.75, 3.05) is 6.54 Å². The van der Waals surface area contributed by atoms with Gasteiger partial charge in [0.15, 0.2) is 15.1 Å². The first-order chi connectivity index (χ1) is 9.05. The summed E-state index contributed by atoms with van der Waals surface area (Å²) in [7, 11) is -3.65. The molecule has 3 rings (SSSR count). The van der Waals surface area contributed by atoms with Gasteiger partial charge in [0.25, 0.3) is 10.0 Å². The lowest BCUT2D eigenvalue weighted by Crippen LogP contribution is -2.34. The standard InChI is InChI=1S/C11H12ClN3O2S2/c1-2-5-15(8-3-4-8)19(16,17)10-9(12)13-11-14(10)6-7-18-11/h2,6-8H,1,3-5H2. The van der Waals surface area contributed by atoms with E-state index >= 15 is 0 Å². The highest BCUT2D eigenvalue weighted by atomic mass is 35.5. The largest absolute Gasteiger partial charge is 0.279 e. The van der Waals surface area contributed by atoms with Gasteiger partial charge in [-0.2, -0.15) is 4.31 Å². The van der Waals surface area contributed by atoms with Crippen molar-refractivity contribution in [1.29, 1.82) is 0 Å². The van der Waals surface area contributed by atoms with Crippen LogP contribution in [0, 0.1) is 0 Å². The molecule has 2 aromatic heterocycles. The molecule has 0 N–H and O–H groups in total. The monoisotopic (exact) mass is 317 g/mol.